The van der Waals surface area contributed by atoms with Crippen molar-refractivity contribution in [2.45, 2.75) is 71.4 Å². The van der Waals surface area contributed by atoms with Gasteiger partial charge in [-0.1, -0.05) is 33.8 Å². The Kier molecular flexibility index (Phi) is 3.78. The summed E-state index contributed by atoms with van der Waals surface area (Å²) in [4.78, 5) is 5.10. The number of hydrogen-bond donors (Lipinski definition) is 0. The average Bonchev–Trinajstić information content (AvgIpc) is 2.32. The number of likely N-dealkylation sites (tertiary alicyclic amines) is 2. The van der Waals surface area contributed by atoms with Crippen molar-refractivity contribution < 1.29 is 0 Å². The van der Waals surface area contributed by atoms with Gasteiger partial charge in [-0.05, 0) is 46.1 Å². The lowest BCUT2D eigenvalue weighted by Crippen LogP contribution is -2.70. The molecule has 2 rings (SSSR count). The minimum Gasteiger partial charge on any atom is -0.372 e. The zero-order chi connectivity index (χ0) is 15.3. The largest absolute Gasteiger partial charge is 0.372 e. The van der Waals surface area contributed by atoms with Crippen molar-refractivity contribution in [3.05, 3.63) is 12.3 Å². The maximum atomic E-state index is 4.39. The Bertz CT molecular complexity index is 396. The molecule has 2 aliphatic heterocycles. The van der Waals surface area contributed by atoms with Gasteiger partial charge in [0, 0.05) is 35.8 Å². The third-order valence-corrected chi connectivity index (χ3v) is 6.50. The Morgan fingerprint density at radius 2 is 1.80 bits per heavy atom. The summed E-state index contributed by atoms with van der Waals surface area (Å²) in [6.07, 6.45) is 5.01. The van der Waals surface area contributed by atoms with Gasteiger partial charge >= 0.3 is 0 Å². The molecule has 0 saturated carbocycles. The van der Waals surface area contributed by atoms with E-state index in [1.165, 1.54) is 31.4 Å². The van der Waals surface area contributed by atoms with Crippen LogP contribution in [0.25, 0.3) is 0 Å². The van der Waals surface area contributed by atoms with Crippen molar-refractivity contribution in [2.24, 2.45) is 11.3 Å². The van der Waals surface area contributed by atoms with Crippen LogP contribution >= 0.6 is 0 Å². The molecule has 20 heavy (non-hydrogen) atoms. The Balaban J connectivity index is 2.45. The van der Waals surface area contributed by atoms with E-state index in [9.17, 15) is 0 Å². The third-order valence-electron chi connectivity index (χ3n) is 6.50. The number of hydrogen-bond acceptors (Lipinski definition) is 2. The van der Waals surface area contributed by atoms with Crippen LogP contribution in [0.1, 0.15) is 60.3 Å². The standard InChI is InChI=1S/C18H34N2/c1-9-15-10-14(2)20(8)18(11-15)12-17(5,6)19(7)13-16(18,3)4/h15H,2,9-13H2,1,3-8H3. The number of rotatable bonds is 1. The highest BCUT2D eigenvalue weighted by Crippen LogP contribution is 2.55. The van der Waals surface area contributed by atoms with Crippen molar-refractivity contribution in [3.63, 3.8) is 0 Å². The summed E-state index contributed by atoms with van der Waals surface area (Å²) < 4.78 is 0. The Morgan fingerprint density at radius 1 is 1.20 bits per heavy atom. The van der Waals surface area contributed by atoms with Crippen LogP contribution in [0, 0.1) is 11.3 Å². The van der Waals surface area contributed by atoms with Crippen LogP contribution in [0.2, 0.25) is 0 Å². The monoisotopic (exact) mass is 278 g/mol. The van der Waals surface area contributed by atoms with Gasteiger partial charge in [0.15, 0.2) is 0 Å². The summed E-state index contributed by atoms with van der Waals surface area (Å²) in [7, 11) is 4.57. The molecule has 0 bridgehead atoms. The van der Waals surface area contributed by atoms with Gasteiger partial charge < -0.3 is 9.80 Å². The summed E-state index contributed by atoms with van der Waals surface area (Å²) in [6.45, 7) is 17.6. The molecule has 0 amide bonds. The van der Waals surface area contributed by atoms with Gasteiger partial charge in [-0.3, -0.25) is 0 Å². The fourth-order valence-electron chi connectivity index (χ4n) is 4.71. The van der Waals surface area contributed by atoms with E-state index >= 15 is 0 Å². The second-order valence-electron chi connectivity index (χ2n) is 8.57. The van der Waals surface area contributed by atoms with Crippen LogP contribution in [0.3, 0.4) is 0 Å². The van der Waals surface area contributed by atoms with E-state index in [4.69, 9.17) is 0 Å². The van der Waals surface area contributed by atoms with E-state index in [0.717, 1.165) is 12.5 Å². The lowest BCUT2D eigenvalue weighted by molar-refractivity contribution is -0.119. The van der Waals surface area contributed by atoms with Crippen LogP contribution in [0.4, 0.5) is 0 Å². The minimum absolute atomic E-state index is 0.263. The van der Waals surface area contributed by atoms with Crippen molar-refractivity contribution >= 4 is 0 Å². The van der Waals surface area contributed by atoms with Gasteiger partial charge in [-0.2, -0.15) is 0 Å². The van der Waals surface area contributed by atoms with Gasteiger partial charge in [0.05, 0.1) is 0 Å². The molecule has 0 N–H and O–H groups in total. The van der Waals surface area contributed by atoms with E-state index < -0.39 is 0 Å². The predicted octanol–water partition coefficient (Wildman–Crippen LogP) is 4.13. The first-order valence-electron chi connectivity index (χ1n) is 8.18. The van der Waals surface area contributed by atoms with Gasteiger partial charge in [-0.15, -0.1) is 0 Å². The Hall–Kier alpha value is -0.500. The topological polar surface area (TPSA) is 6.48 Å². The summed E-state index contributed by atoms with van der Waals surface area (Å²) in [5.74, 6) is 0.803. The maximum absolute atomic E-state index is 4.39. The molecule has 2 heteroatoms. The molecule has 2 atom stereocenters. The highest BCUT2D eigenvalue weighted by molar-refractivity contribution is 5.18. The molecule has 2 saturated heterocycles. The van der Waals surface area contributed by atoms with Crippen LogP contribution in [0.5, 0.6) is 0 Å². The lowest BCUT2D eigenvalue weighted by atomic mass is 9.57. The normalized spacial score (nSPS) is 37.5. The second kappa shape index (κ2) is 4.76. The molecule has 0 aromatic heterocycles. The molecule has 0 aromatic carbocycles. The number of allylic oxidation sites excluding steroid dienone is 1. The summed E-state index contributed by atoms with van der Waals surface area (Å²) in [5, 5.41) is 0. The van der Waals surface area contributed by atoms with Crippen LogP contribution in [-0.4, -0.2) is 41.5 Å². The highest BCUT2D eigenvalue weighted by atomic mass is 15.3. The van der Waals surface area contributed by atoms with E-state index in [1.54, 1.807) is 0 Å². The van der Waals surface area contributed by atoms with E-state index in [-0.39, 0.29) is 11.1 Å². The second-order valence-corrected chi connectivity index (χ2v) is 8.57. The van der Waals surface area contributed by atoms with Crippen molar-refractivity contribution in [3.8, 4) is 0 Å². The molecule has 0 radical (unpaired) electrons. The van der Waals surface area contributed by atoms with Crippen LogP contribution < -0.4 is 0 Å². The van der Waals surface area contributed by atoms with E-state index in [0.29, 0.717) is 5.41 Å². The van der Waals surface area contributed by atoms with Crippen molar-refractivity contribution in [1.29, 1.82) is 0 Å². The smallest absolute Gasteiger partial charge is 0.0479 e. The minimum atomic E-state index is 0.263. The lowest BCUT2D eigenvalue weighted by Gasteiger charge is -2.65. The fourth-order valence-corrected chi connectivity index (χ4v) is 4.71. The van der Waals surface area contributed by atoms with E-state index in [1.807, 2.05) is 0 Å². The molecule has 0 aliphatic carbocycles. The summed E-state index contributed by atoms with van der Waals surface area (Å²) >= 11 is 0. The fraction of sp³-hybridized carbons (Fsp3) is 0.889. The Morgan fingerprint density at radius 3 is 2.35 bits per heavy atom. The quantitative estimate of drug-likeness (QED) is 0.711. The van der Waals surface area contributed by atoms with Gasteiger partial charge in [-0.25, -0.2) is 0 Å². The molecule has 2 aliphatic rings. The average molecular weight is 278 g/mol. The SMILES string of the molecule is C=C1CC(CC)CC2(CC(C)(C)N(C)CC2(C)C)N1C. The maximum Gasteiger partial charge on any atom is 0.0479 e. The molecule has 0 aromatic rings. The predicted molar refractivity (Wildman–Crippen MR) is 87.8 cm³/mol. The van der Waals surface area contributed by atoms with Crippen LogP contribution in [0.15, 0.2) is 12.3 Å². The molecular weight excluding hydrogens is 244 g/mol. The third kappa shape index (κ3) is 2.20. The zero-order valence-electron chi connectivity index (χ0n) is 14.7. The summed E-state index contributed by atoms with van der Waals surface area (Å²) in [5.41, 5.74) is 2.16. The zero-order valence-corrected chi connectivity index (χ0v) is 14.7. The first-order chi connectivity index (χ1) is 9.06. The molecular formula is C18H34N2. The van der Waals surface area contributed by atoms with Crippen molar-refractivity contribution in [1.82, 2.24) is 9.80 Å². The van der Waals surface area contributed by atoms with Crippen molar-refractivity contribution in [2.75, 3.05) is 20.6 Å². The molecule has 116 valence electrons. The first-order valence-corrected chi connectivity index (χ1v) is 8.18. The Labute approximate surface area is 126 Å². The molecule has 2 nitrogen and oxygen atoms in total. The van der Waals surface area contributed by atoms with E-state index in [2.05, 4.69) is 65.1 Å². The molecule has 2 fully saturated rings. The molecule has 1 spiro atoms. The molecule has 2 heterocycles. The van der Waals surface area contributed by atoms with Gasteiger partial charge in [0.1, 0.15) is 0 Å². The van der Waals surface area contributed by atoms with Gasteiger partial charge in [0.2, 0.25) is 0 Å². The number of piperidine rings is 2. The highest BCUT2D eigenvalue weighted by Gasteiger charge is 2.57. The molecule has 2 unspecified atom stereocenters. The van der Waals surface area contributed by atoms with Crippen LogP contribution in [-0.2, 0) is 0 Å². The van der Waals surface area contributed by atoms with Gasteiger partial charge in [0.25, 0.3) is 0 Å². The first kappa shape index (κ1) is 15.9. The number of nitrogens with zero attached hydrogens (tertiary/aromatic N) is 2. The summed E-state index contributed by atoms with van der Waals surface area (Å²) in [6, 6.07) is 0.